The van der Waals surface area contributed by atoms with Gasteiger partial charge in [0.15, 0.2) is 0 Å². The molecule has 0 heterocycles. The molecule has 1 rings (SSSR count). The van der Waals surface area contributed by atoms with E-state index in [0.29, 0.717) is 18.5 Å². The quantitative estimate of drug-likeness (QED) is 0.681. The summed E-state index contributed by atoms with van der Waals surface area (Å²) in [5.41, 5.74) is 0.412. The Morgan fingerprint density at radius 1 is 1.15 bits per heavy atom. The predicted molar refractivity (Wildman–Crippen MR) is 45.8 cm³/mol. The van der Waals surface area contributed by atoms with Crippen molar-refractivity contribution in [3.63, 3.8) is 0 Å². The van der Waals surface area contributed by atoms with Crippen LogP contribution in [0.15, 0.2) is 18.2 Å². The molecular weight excluding hydrogens is 175 g/mol. The average molecular weight is 182 g/mol. The minimum atomic E-state index is -0.598. The first-order chi connectivity index (χ1) is 6.27. The van der Waals surface area contributed by atoms with Crippen molar-refractivity contribution in [1.29, 1.82) is 0 Å². The number of hydrogen-bond donors (Lipinski definition) is 2. The van der Waals surface area contributed by atoms with Crippen molar-refractivity contribution in [3.8, 4) is 0 Å². The van der Waals surface area contributed by atoms with Crippen LogP contribution in [-0.2, 0) is 9.59 Å². The Bertz CT molecular complexity index is 328. The predicted octanol–water partition coefficient (Wildman–Crippen LogP) is 0.962. The van der Waals surface area contributed by atoms with E-state index >= 15 is 0 Å². The second kappa shape index (κ2) is 4.20. The van der Waals surface area contributed by atoms with Gasteiger partial charge in [-0.2, -0.15) is 0 Å². The third-order valence-electron chi connectivity index (χ3n) is 1.41. The molecule has 0 radical (unpaired) electrons. The normalized spacial score (nSPS) is 9.00. The zero-order chi connectivity index (χ0) is 9.68. The molecule has 2 amide bonds. The molecule has 5 heteroatoms. The summed E-state index contributed by atoms with van der Waals surface area (Å²) in [4.78, 5) is 20.0. The lowest BCUT2D eigenvalue weighted by molar-refractivity contribution is -0.106. The van der Waals surface area contributed by atoms with Gasteiger partial charge >= 0.3 is 0 Å². The second-order valence-electron chi connectivity index (χ2n) is 2.22. The van der Waals surface area contributed by atoms with Crippen LogP contribution < -0.4 is 10.6 Å². The molecule has 1 aromatic carbocycles. The second-order valence-corrected chi connectivity index (χ2v) is 2.22. The molecule has 0 unspecified atom stereocenters. The lowest BCUT2D eigenvalue weighted by Gasteiger charge is -2.02. The van der Waals surface area contributed by atoms with E-state index in [1.165, 1.54) is 12.1 Å². The topological polar surface area (TPSA) is 58.2 Å². The van der Waals surface area contributed by atoms with E-state index in [-0.39, 0.29) is 5.69 Å². The van der Waals surface area contributed by atoms with E-state index < -0.39 is 5.82 Å². The molecule has 2 N–H and O–H groups in total. The third kappa shape index (κ3) is 2.26. The number of carbonyl (C=O) groups excluding carboxylic acids is 2. The van der Waals surface area contributed by atoms with Gasteiger partial charge in [0, 0.05) is 5.69 Å². The molecule has 0 saturated heterocycles. The van der Waals surface area contributed by atoms with Crippen molar-refractivity contribution in [2.45, 2.75) is 0 Å². The highest BCUT2D eigenvalue weighted by molar-refractivity contribution is 5.76. The lowest BCUT2D eigenvalue weighted by atomic mass is 10.2. The number of carbonyl (C=O) groups is 2. The monoisotopic (exact) mass is 182 g/mol. The van der Waals surface area contributed by atoms with Crippen molar-refractivity contribution in [1.82, 2.24) is 0 Å². The molecule has 4 nitrogen and oxygen atoms in total. The van der Waals surface area contributed by atoms with Crippen LogP contribution in [0.1, 0.15) is 0 Å². The maximum atomic E-state index is 13.0. The summed E-state index contributed by atoms with van der Waals surface area (Å²) in [6.07, 6.45) is 0.826. The number of amides is 2. The van der Waals surface area contributed by atoms with E-state index in [4.69, 9.17) is 0 Å². The molecule has 0 bridgehead atoms. The van der Waals surface area contributed by atoms with Crippen LogP contribution in [0, 0.1) is 5.82 Å². The van der Waals surface area contributed by atoms with Gasteiger partial charge in [-0.3, -0.25) is 9.59 Å². The Hall–Kier alpha value is -1.91. The van der Waals surface area contributed by atoms with Crippen LogP contribution in [0.25, 0.3) is 0 Å². The van der Waals surface area contributed by atoms with Gasteiger partial charge in [-0.25, -0.2) is 4.39 Å². The number of hydrogen-bond acceptors (Lipinski definition) is 2. The number of halogens is 1. The van der Waals surface area contributed by atoms with Crippen molar-refractivity contribution in [3.05, 3.63) is 24.0 Å². The first-order valence-electron chi connectivity index (χ1n) is 3.48. The summed E-state index contributed by atoms with van der Waals surface area (Å²) in [6, 6.07) is 3.94. The molecule has 0 aromatic heterocycles. The van der Waals surface area contributed by atoms with Gasteiger partial charge in [0.1, 0.15) is 5.82 Å². The largest absolute Gasteiger partial charge is 0.329 e. The summed E-state index contributed by atoms with van der Waals surface area (Å²) < 4.78 is 13.0. The minimum Gasteiger partial charge on any atom is -0.329 e. The number of benzene rings is 1. The van der Waals surface area contributed by atoms with Crippen LogP contribution in [0.3, 0.4) is 0 Å². The van der Waals surface area contributed by atoms with Gasteiger partial charge in [-0.15, -0.1) is 0 Å². The maximum absolute atomic E-state index is 13.0. The Morgan fingerprint density at radius 2 is 1.85 bits per heavy atom. The van der Waals surface area contributed by atoms with E-state index in [2.05, 4.69) is 10.6 Å². The summed E-state index contributed by atoms with van der Waals surface area (Å²) >= 11 is 0. The fraction of sp³-hybridized carbons (Fsp3) is 0. The summed E-state index contributed by atoms with van der Waals surface area (Å²) in [7, 11) is 0. The van der Waals surface area contributed by atoms with Crippen LogP contribution in [-0.4, -0.2) is 12.8 Å². The Morgan fingerprint density at radius 3 is 2.38 bits per heavy atom. The van der Waals surface area contributed by atoms with Gasteiger partial charge in [-0.1, -0.05) is 0 Å². The minimum absolute atomic E-state index is 0.0754. The highest BCUT2D eigenvalue weighted by atomic mass is 19.1. The van der Waals surface area contributed by atoms with Crippen molar-refractivity contribution in [2.24, 2.45) is 0 Å². The Balaban J connectivity index is 2.90. The van der Waals surface area contributed by atoms with Crippen molar-refractivity contribution < 1.29 is 14.0 Å². The zero-order valence-electron chi connectivity index (χ0n) is 6.58. The average Bonchev–Trinajstić information content (AvgIpc) is 2.10. The highest BCUT2D eigenvalue weighted by Crippen LogP contribution is 2.17. The third-order valence-corrected chi connectivity index (χ3v) is 1.41. The summed E-state index contributed by atoms with van der Waals surface area (Å²) in [5.74, 6) is -0.598. The standard InChI is InChI=1S/C8H7FN2O2/c9-7-3-6(10-4-12)1-2-8(7)11-5-13/h1-5H,(H,10,12)(H,11,13). The van der Waals surface area contributed by atoms with Crippen LogP contribution >= 0.6 is 0 Å². The van der Waals surface area contributed by atoms with Crippen LogP contribution in [0.4, 0.5) is 15.8 Å². The SMILES string of the molecule is O=CNc1ccc(NC=O)c(F)c1. The van der Waals surface area contributed by atoms with E-state index in [1.54, 1.807) is 0 Å². The van der Waals surface area contributed by atoms with Gasteiger partial charge in [0.05, 0.1) is 5.69 Å². The molecule has 1 aromatic rings. The number of nitrogens with one attached hydrogen (secondary N) is 2. The fourth-order valence-corrected chi connectivity index (χ4v) is 0.853. The molecule has 0 aliphatic carbocycles. The van der Waals surface area contributed by atoms with Crippen molar-refractivity contribution in [2.75, 3.05) is 10.6 Å². The van der Waals surface area contributed by atoms with Gasteiger partial charge < -0.3 is 10.6 Å². The van der Waals surface area contributed by atoms with Crippen LogP contribution in [0.2, 0.25) is 0 Å². The molecule has 68 valence electrons. The van der Waals surface area contributed by atoms with Gasteiger partial charge in [0.2, 0.25) is 12.8 Å². The molecule has 0 fully saturated rings. The van der Waals surface area contributed by atoms with Gasteiger partial charge in [0.25, 0.3) is 0 Å². The number of anilines is 2. The van der Waals surface area contributed by atoms with E-state index in [0.717, 1.165) is 6.07 Å². The van der Waals surface area contributed by atoms with Crippen LogP contribution in [0.5, 0.6) is 0 Å². The first kappa shape index (κ1) is 9.18. The molecule has 13 heavy (non-hydrogen) atoms. The smallest absolute Gasteiger partial charge is 0.211 e. The molecule has 0 aliphatic heterocycles. The lowest BCUT2D eigenvalue weighted by Crippen LogP contribution is -1.99. The molecule has 0 aliphatic rings. The Labute approximate surface area is 73.7 Å². The zero-order valence-corrected chi connectivity index (χ0v) is 6.58. The fourth-order valence-electron chi connectivity index (χ4n) is 0.853. The maximum Gasteiger partial charge on any atom is 0.211 e. The van der Waals surface area contributed by atoms with E-state index in [1.807, 2.05) is 0 Å². The first-order valence-corrected chi connectivity index (χ1v) is 3.48. The molecule has 0 saturated carbocycles. The molecule has 0 atom stereocenters. The molecule has 0 spiro atoms. The summed E-state index contributed by atoms with van der Waals surface area (Å²) in [6.45, 7) is 0. The summed E-state index contributed by atoms with van der Waals surface area (Å²) in [5, 5.41) is 4.45. The highest BCUT2D eigenvalue weighted by Gasteiger charge is 2.01. The van der Waals surface area contributed by atoms with E-state index in [9.17, 15) is 14.0 Å². The molecular formula is C8H7FN2O2. The van der Waals surface area contributed by atoms with Gasteiger partial charge in [-0.05, 0) is 18.2 Å². The van der Waals surface area contributed by atoms with Crippen molar-refractivity contribution >= 4 is 24.2 Å². The Kier molecular flexibility index (Phi) is 2.97. The number of rotatable bonds is 4.